The van der Waals surface area contributed by atoms with E-state index in [1.165, 1.54) is 19.2 Å². The normalized spacial score (nSPS) is 11.0. The molecule has 0 radical (unpaired) electrons. The predicted octanol–water partition coefficient (Wildman–Crippen LogP) is 5.68. The molecule has 0 aliphatic rings. The van der Waals surface area contributed by atoms with Crippen LogP contribution in [0.15, 0.2) is 39.2 Å². The fourth-order valence-corrected chi connectivity index (χ4v) is 3.33. The lowest BCUT2D eigenvalue weighted by atomic mass is 10.1. The van der Waals surface area contributed by atoms with E-state index >= 15 is 0 Å². The Bertz CT molecular complexity index is 1020. The monoisotopic (exact) mass is 470 g/mol. The molecular weight excluding hydrogens is 455 g/mol. The third kappa shape index (κ3) is 4.48. The first kappa shape index (κ1) is 20.6. The molecule has 3 rings (SSSR count). The van der Waals surface area contributed by atoms with Gasteiger partial charge in [0.05, 0.1) is 16.1 Å². The summed E-state index contributed by atoms with van der Waals surface area (Å²) in [6.07, 6.45) is 0. The molecule has 0 saturated heterocycles. The minimum atomic E-state index is -0.497. The van der Waals surface area contributed by atoms with Gasteiger partial charge in [0, 0.05) is 18.1 Å². The molecule has 0 saturated carbocycles. The average molecular weight is 472 g/mol. The van der Waals surface area contributed by atoms with Crippen LogP contribution in [-0.4, -0.2) is 26.3 Å². The van der Waals surface area contributed by atoms with Crippen molar-refractivity contribution in [3.63, 3.8) is 0 Å². The van der Waals surface area contributed by atoms with Crippen LogP contribution in [-0.2, 0) is 16.1 Å². The summed E-state index contributed by atoms with van der Waals surface area (Å²) in [6, 6.07) is 7.52. The van der Waals surface area contributed by atoms with Crippen LogP contribution in [0.3, 0.4) is 0 Å². The molecule has 1 heterocycles. The molecule has 0 amide bonds. The van der Waals surface area contributed by atoms with Gasteiger partial charge in [0.2, 0.25) is 0 Å². The molecular formula is C20H17BrClFO5. The number of furan rings is 1. The molecule has 5 nitrogen and oxygen atoms in total. The highest BCUT2D eigenvalue weighted by molar-refractivity contribution is 9.10. The number of benzene rings is 2. The lowest BCUT2D eigenvalue weighted by molar-refractivity contribution is 0.0388. The van der Waals surface area contributed by atoms with Crippen molar-refractivity contribution in [3.8, 4) is 5.75 Å². The van der Waals surface area contributed by atoms with Crippen molar-refractivity contribution in [2.75, 3.05) is 20.3 Å². The van der Waals surface area contributed by atoms with Crippen molar-refractivity contribution in [1.82, 2.24) is 0 Å². The first-order chi connectivity index (χ1) is 13.4. The van der Waals surface area contributed by atoms with E-state index in [1.54, 1.807) is 25.1 Å². The molecule has 0 N–H and O–H groups in total. The summed E-state index contributed by atoms with van der Waals surface area (Å²) < 4.78 is 35.4. The molecule has 3 aromatic rings. The van der Waals surface area contributed by atoms with E-state index in [-0.39, 0.29) is 18.2 Å². The first-order valence-electron chi connectivity index (χ1n) is 8.36. The van der Waals surface area contributed by atoms with Crippen LogP contribution >= 0.6 is 27.5 Å². The molecule has 0 atom stereocenters. The smallest absolute Gasteiger partial charge is 0.342 e. The minimum Gasteiger partial charge on any atom is -0.488 e. The number of rotatable bonds is 7. The standard InChI is InChI=1S/C20H17BrClFO5/c1-11-19(20(24)26-6-5-25-2)14-8-18(15(21)9-17(14)28-11)27-10-12-3-4-13(23)7-16(12)22/h3-4,7-9H,5-6,10H2,1-2H3. The van der Waals surface area contributed by atoms with E-state index in [4.69, 9.17) is 30.2 Å². The van der Waals surface area contributed by atoms with Crippen molar-refractivity contribution in [2.24, 2.45) is 0 Å². The van der Waals surface area contributed by atoms with Gasteiger partial charge >= 0.3 is 5.97 Å². The van der Waals surface area contributed by atoms with Crippen LogP contribution in [0.1, 0.15) is 21.7 Å². The SMILES string of the molecule is COCCOC(=O)c1c(C)oc2cc(Br)c(OCc3ccc(F)cc3Cl)cc12. The number of hydrogen-bond acceptors (Lipinski definition) is 5. The number of halogens is 3. The zero-order chi connectivity index (χ0) is 20.3. The summed E-state index contributed by atoms with van der Waals surface area (Å²) in [5, 5.41) is 0.849. The lowest BCUT2D eigenvalue weighted by Crippen LogP contribution is -2.10. The molecule has 0 aliphatic heterocycles. The van der Waals surface area contributed by atoms with Gasteiger partial charge in [-0.25, -0.2) is 9.18 Å². The summed E-state index contributed by atoms with van der Waals surface area (Å²) in [5.74, 6) is 0.0210. The van der Waals surface area contributed by atoms with Crippen LogP contribution < -0.4 is 4.74 Å². The largest absolute Gasteiger partial charge is 0.488 e. The number of ether oxygens (including phenoxy) is 3. The fraction of sp³-hybridized carbons (Fsp3) is 0.250. The van der Waals surface area contributed by atoms with E-state index in [2.05, 4.69) is 15.9 Å². The second-order valence-corrected chi connectivity index (χ2v) is 7.23. The summed E-state index contributed by atoms with van der Waals surface area (Å²) in [5.41, 5.74) is 1.50. The van der Waals surface area contributed by atoms with Gasteiger partial charge in [0.25, 0.3) is 0 Å². The number of esters is 1. The zero-order valence-corrected chi connectivity index (χ0v) is 17.5. The number of carbonyl (C=O) groups excluding carboxylic acids is 1. The van der Waals surface area contributed by atoms with E-state index < -0.39 is 11.8 Å². The molecule has 28 heavy (non-hydrogen) atoms. The van der Waals surface area contributed by atoms with Crippen molar-refractivity contribution in [1.29, 1.82) is 0 Å². The number of hydrogen-bond donors (Lipinski definition) is 0. The molecule has 8 heteroatoms. The molecule has 0 aliphatic carbocycles. The Morgan fingerprint density at radius 3 is 2.75 bits per heavy atom. The molecule has 0 unspecified atom stereocenters. The van der Waals surface area contributed by atoms with Crippen molar-refractivity contribution in [2.45, 2.75) is 13.5 Å². The fourth-order valence-electron chi connectivity index (χ4n) is 2.67. The highest BCUT2D eigenvalue weighted by Gasteiger charge is 2.21. The topological polar surface area (TPSA) is 57.9 Å². The Kier molecular flexibility index (Phi) is 6.59. The molecule has 1 aromatic heterocycles. The highest BCUT2D eigenvalue weighted by atomic mass is 79.9. The Morgan fingerprint density at radius 2 is 2.04 bits per heavy atom. The van der Waals surface area contributed by atoms with Crippen LogP contribution in [0.5, 0.6) is 5.75 Å². The zero-order valence-electron chi connectivity index (χ0n) is 15.2. The van der Waals surface area contributed by atoms with Gasteiger partial charge in [-0.2, -0.15) is 0 Å². The molecule has 0 spiro atoms. The average Bonchev–Trinajstić information content (AvgIpc) is 2.95. The Balaban J connectivity index is 1.88. The number of methoxy groups -OCH3 is 1. The Hall–Kier alpha value is -2.09. The third-order valence-electron chi connectivity index (χ3n) is 4.04. The number of carbonyl (C=O) groups is 1. The van der Waals surface area contributed by atoms with Crippen LogP contribution in [0.2, 0.25) is 5.02 Å². The third-order valence-corrected chi connectivity index (χ3v) is 5.01. The highest BCUT2D eigenvalue weighted by Crippen LogP contribution is 2.36. The quantitative estimate of drug-likeness (QED) is 0.328. The van der Waals surface area contributed by atoms with Gasteiger partial charge in [0.1, 0.15) is 41.7 Å². The predicted molar refractivity (Wildman–Crippen MR) is 107 cm³/mol. The molecule has 0 fully saturated rings. The van der Waals surface area contributed by atoms with Gasteiger partial charge in [-0.3, -0.25) is 0 Å². The summed E-state index contributed by atoms with van der Waals surface area (Å²) in [7, 11) is 1.53. The maximum Gasteiger partial charge on any atom is 0.342 e. The first-order valence-corrected chi connectivity index (χ1v) is 9.53. The maximum absolute atomic E-state index is 13.2. The number of fused-ring (bicyclic) bond motifs is 1. The van der Waals surface area contributed by atoms with Gasteiger partial charge in [-0.15, -0.1) is 0 Å². The van der Waals surface area contributed by atoms with E-state index in [0.29, 0.717) is 44.7 Å². The van der Waals surface area contributed by atoms with Crippen LogP contribution in [0.25, 0.3) is 11.0 Å². The lowest BCUT2D eigenvalue weighted by Gasteiger charge is -2.10. The van der Waals surface area contributed by atoms with E-state index in [9.17, 15) is 9.18 Å². The van der Waals surface area contributed by atoms with E-state index in [1.807, 2.05) is 0 Å². The van der Waals surface area contributed by atoms with Crippen LogP contribution in [0.4, 0.5) is 4.39 Å². The summed E-state index contributed by atoms with van der Waals surface area (Å²) in [6.45, 7) is 2.27. The maximum atomic E-state index is 13.2. The van der Waals surface area contributed by atoms with Gasteiger partial charge in [0.15, 0.2) is 0 Å². The summed E-state index contributed by atoms with van der Waals surface area (Å²) in [4.78, 5) is 12.4. The minimum absolute atomic E-state index is 0.133. The second kappa shape index (κ2) is 8.94. The van der Waals surface area contributed by atoms with Crippen LogP contribution in [0, 0.1) is 12.7 Å². The molecule has 148 valence electrons. The van der Waals surface area contributed by atoms with Crippen molar-refractivity contribution < 1.29 is 27.8 Å². The number of aryl methyl sites for hydroxylation is 1. The van der Waals surface area contributed by atoms with Crippen molar-refractivity contribution >= 4 is 44.5 Å². The molecule has 0 bridgehead atoms. The van der Waals surface area contributed by atoms with Gasteiger partial charge in [-0.05, 0) is 47.1 Å². The summed E-state index contributed by atoms with van der Waals surface area (Å²) >= 11 is 9.48. The Labute approximate surface area is 174 Å². The van der Waals surface area contributed by atoms with Gasteiger partial charge < -0.3 is 18.6 Å². The van der Waals surface area contributed by atoms with E-state index in [0.717, 1.165) is 0 Å². The van der Waals surface area contributed by atoms with Crippen molar-refractivity contribution in [3.05, 3.63) is 62.5 Å². The Morgan fingerprint density at radius 1 is 1.25 bits per heavy atom. The second-order valence-electron chi connectivity index (χ2n) is 5.97. The molecule has 2 aromatic carbocycles. The van der Waals surface area contributed by atoms with Gasteiger partial charge in [-0.1, -0.05) is 17.7 Å².